The van der Waals surface area contributed by atoms with Crippen molar-refractivity contribution in [3.8, 4) is 0 Å². The van der Waals surface area contributed by atoms with Crippen LogP contribution in [-0.4, -0.2) is 19.2 Å². The zero-order chi connectivity index (χ0) is 21.4. The summed E-state index contributed by atoms with van der Waals surface area (Å²) >= 11 is 6.57. The Hall–Kier alpha value is -2.42. The van der Waals surface area contributed by atoms with Crippen LogP contribution in [0.2, 0.25) is 0 Å². The summed E-state index contributed by atoms with van der Waals surface area (Å²) in [5.74, 6) is 1.55. The third-order valence-corrected chi connectivity index (χ3v) is 7.71. The number of thiophene rings is 1. The van der Waals surface area contributed by atoms with Gasteiger partial charge in [-0.15, -0.1) is 21.5 Å². The lowest BCUT2D eigenvalue weighted by Crippen LogP contribution is -2.24. The first-order chi connectivity index (χ1) is 15.1. The van der Waals surface area contributed by atoms with Crippen LogP contribution in [-0.2, 0) is 12.3 Å². The summed E-state index contributed by atoms with van der Waals surface area (Å²) in [6, 6.07) is 20.5. The van der Waals surface area contributed by atoms with Gasteiger partial charge in [0.1, 0.15) is 4.70 Å². The lowest BCUT2D eigenvalue weighted by atomic mass is 10.0. The minimum absolute atomic E-state index is 0.00265. The first-order valence-corrected chi connectivity index (χ1v) is 12.5. The molecule has 31 heavy (non-hydrogen) atoms. The third kappa shape index (κ3) is 3.95. The van der Waals surface area contributed by atoms with Crippen LogP contribution in [0.4, 0.5) is 0 Å². The van der Waals surface area contributed by atoms with Gasteiger partial charge in [0.15, 0.2) is 5.16 Å². The van der Waals surface area contributed by atoms with Gasteiger partial charge in [0.2, 0.25) is 5.78 Å². The molecular formula is C23H19BrN4OS2. The molecule has 0 fully saturated rings. The number of hydrogen-bond acceptors (Lipinski definition) is 5. The molecule has 0 N–H and O–H groups in total. The summed E-state index contributed by atoms with van der Waals surface area (Å²) in [5, 5.41) is 11.6. The fraction of sp³-hybridized carbons (Fsp3) is 0.174. The molecule has 0 bridgehead atoms. The number of aromatic nitrogens is 4. The minimum Gasteiger partial charge on any atom is -0.275 e. The van der Waals surface area contributed by atoms with Crippen LogP contribution in [0.1, 0.15) is 24.0 Å². The number of fused-ring (bicyclic) bond motifs is 3. The van der Waals surface area contributed by atoms with Crippen molar-refractivity contribution in [2.45, 2.75) is 30.3 Å². The van der Waals surface area contributed by atoms with Gasteiger partial charge in [-0.05, 0) is 40.6 Å². The number of hydrogen-bond donors (Lipinski definition) is 0. The van der Waals surface area contributed by atoms with E-state index >= 15 is 0 Å². The second-order valence-electron chi connectivity index (χ2n) is 7.40. The summed E-state index contributed by atoms with van der Waals surface area (Å²) in [7, 11) is 0. The maximum Gasteiger partial charge on any atom is 0.272 e. The van der Waals surface area contributed by atoms with E-state index in [4.69, 9.17) is 0 Å². The lowest BCUT2D eigenvalue weighted by molar-refractivity contribution is 0.588. The van der Waals surface area contributed by atoms with Gasteiger partial charge in [-0.3, -0.25) is 13.8 Å². The van der Waals surface area contributed by atoms with Gasteiger partial charge >= 0.3 is 0 Å². The molecule has 156 valence electrons. The molecular weight excluding hydrogens is 492 g/mol. The van der Waals surface area contributed by atoms with Crippen molar-refractivity contribution >= 4 is 55.0 Å². The maximum absolute atomic E-state index is 13.3. The molecule has 5 nitrogen and oxygen atoms in total. The number of thioether (sulfide) groups is 1. The van der Waals surface area contributed by atoms with Crippen LogP contribution in [0, 0.1) is 0 Å². The van der Waals surface area contributed by atoms with Crippen molar-refractivity contribution in [3.05, 3.63) is 92.0 Å². The van der Waals surface area contributed by atoms with E-state index in [2.05, 4.69) is 57.3 Å². The second-order valence-corrected chi connectivity index (χ2v) is 10.2. The van der Waals surface area contributed by atoms with Gasteiger partial charge in [-0.2, -0.15) is 0 Å². The molecule has 1 unspecified atom stereocenters. The summed E-state index contributed by atoms with van der Waals surface area (Å²) in [5.41, 5.74) is 3.27. The number of benzene rings is 2. The Labute approximate surface area is 195 Å². The monoisotopic (exact) mass is 510 g/mol. The first-order valence-electron chi connectivity index (χ1n) is 9.89. The van der Waals surface area contributed by atoms with Gasteiger partial charge in [0.05, 0.1) is 5.52 Å². The molecule has 3 aromatic heterocycles. The second kappa shape index (κ2) is 8.61. The molecule has 0 aliphatic rings. The van der Waals surface area contributed by atoms with Crippen molar-refractivity contribution in [1.29, 1.82) is 0 Å². The van der Waals surface area contributed by atoms with Crippen molar-refractivity contribution in [1.82, 2.24) is 19.2 Å². The highest BCUT2D eigenvalue weighted by Crippen LogP contribution is 2.28. The molecule has 0 saturated heterocycles. The summed E-state index contributed by atoms with van der Waals surface area (Å²) in [4.78, 5) is 13.3. The Bertz CT molecular complexity index is 1410. The molecule has 1 atom stereocenters. The Morgan fingerprint density at radius 1 is 1.06 bits per heavy atom. The highest BCUT2D eigenvalue weighted by molar-refractivity contribution is 9.10. The van der Waals surface area contributed by atoms with E-state index in [1.807, 2.05) is 46.2 Å². The van der Waals surface area contributed by atoms with Gasteiger partial charge in [0.25, 0.3) is 5.56 Å². The number of rotatable bonds is 6. The maximum atomic E-state index is 13.3. The zero-order valence-corrected chi connectivity index (χ0v) is 20.0. The average Bonchev–Trinajstić information content (AvgIpc) is 3.44. The number of halogens is 1. The molecule has 2 aromatic carbocycles. The van der Waals surface area contributed by atoms with Crippen molar-refractivity contribution in [3.63, 3.8) is 0 Å². The summed E-state index contributed by atoms with van der Waals surface area (Å²) < 4.78 is 5.59. The third-order valence-electron chi connectivity index (χ3n) is 5.29. The van der Waals surface area contributed by atoms with Gasteiger partial charge in [0, 0.05) is 16.8 Å². The molecule has 3 heterocycles. The van der Waals surface area contributed by atoms with Crippen molar-refractivity contribution in [2.75, 3.05) is 0 Å². The fourth-order valence-electron chi connectivity index (χ4n) is 3.65. The quantitative estimate of drug-likeness (QED) is 0.264. The average molecular weight is 511 g/mol. The lowest BCUT2D eigenvalue weighted by Gasteiger charge is -2.15. The molecule has 5 rings (SSSR count). The molecule has 0 amide bonds. The fourth-order valence-corrected chi connectivity index (χ4v) is 5.63. The zero-order valence-electron chi connectivity index (χ0n) is 16.7. The van der Waals surface area contributed by atoms with Crippen LogP contribution in [0.3, 0.4) is 0 Å². The largest absolute Gasteiger partial charge is 0.275 e. The molecule has 0 saturated carbocycles. The van der Waals surface area contributed by atoms with E-state index < -0.39 is 0 Å². The standard InChI is InChI=1S/C23H19BrN4OS2/c1-15(17-5-3-2-4-6-17)13-27-21(29)20-19(11-12-30-20)28-22(27)25-26-23(28)31-14-16-7-9-18(24)10-8-16/h2-12,15H,13-14H2,1H3. The Morgan fingerprint density at radius 2 is 1.84 bits per heavy atom. The van der Waals surface area contributed by atoms with Crippen molar-refractivity contribution < 1.29 is 0 Å². The Balaban J connectivity index is 1.55. The van der Waals surface area contributed by atoms with Crippen LogP contribution < -0.4 is 5.56 Å². The summed E-state index contributed by atoms with van der Waals surface area (Å²) in [6.07, 6.45) is 0. The normalized spacial score (nSPS) is 12.6. The molecule has 0 spiro atoms. The molecule has 5 aromatic rings. The van der Waals surface area contributed by atoms with Crippen LogP contribution in [0.15, 0.2) is 80.5 Å². The van der Waals surface area contributed by atoms with Gasteiger partial charge in [-0.1, -0.05) is 77.1 Å². The predicted molar refractivity (Wildman–Crippen MR) is 131 cm³/mol. The van der Waals surface area contributed by atoms with Crippen LogP contribution in [0.25, 0.3) is 16.0 Å². The van der Waals surface area contributed by atoms with Crippen molar-refractivity contribution in [2.24, 2.45) is 0 Å². The minimum atomic E-state index is -0.00265. The Kier molecular flexibility index (Phi) is 5.69. The SMILES string of the molecule is CC(Cn1c(=O)c2sccc2n2c(SCc3ccc(Br)cc3)nnc12)c1ccccc1. The van der Waals surface area contributed by atoms with Crippen LogP contribution >= 0.6 is 39.0 Å². The van der Waals surface area contributed by atoms with Gasteiger partial charge in [-0.25, -0.2) is 0 Å². The van der Waals surface area contributed by atoms with E-state index in [9.17, 15) is 4.79 Å². The topological polar surface area (TPSA) is 52.2 Å². The molecule has 8 heteroatoms. The van der Waals surface area contributed by atoms with E-state index in [1.165, 1.54) is 22.5 Å². The van der Waals surface area contributed by atoms with E-state index in [-0.39, 0.29) is 11.5 Å². The molecule has 0 radical (unpaired) electrons. The van der Waals surface area contributed by atoms with E-state index in [0.29, 0.717) is 12.3 Å². The predicted octanol–water partition coefficient (Wildman–Crippen LogP) is 5.96. The van der Waals surface area contributed by atoms with Crippen LogP contribution in [0.5, 0.6) is 0 Å². The summed E-state index contributed by atoms with van der Waals surface area (Å²) in [6.45, 7) is 2.69. The molecule has 0 aliphatic heterocycles. The highest BCUT2D eigenvalue weighted by atomic mass is 79.9. The van der Waals surface area contributed by atoms with E-state index in [1.54, 1.807) is 16.3 Å². The number of nitrogens with zero attached hydrogens (tertiary/aromatic N) is 4. The Morgan fingerprint density at radius 3 is 2.61 bits per heavy atom. The highest BCUT2D eigenvalue weighted by Gasteiger charge is 2.19. The van der Waals surface area contributed by atoms with Gasteiger partial charge < -0.3 is 0 Å². The smallest absolute Gasteiger partial charge is 0.272 e. The first kappa shape index (κ1) is 20.5. The molecule has 0 aliphatic carbocycles. The van der Waals surface area contributed by atoms with E-state index in [0.717, 1.165) is 25.6 Å².